The number of hydrogen-bond acceptors (Lipinski definition) is 4. The van der Waals surface area contributed by atoms with Crippen LogP contribution in [0.3, 0.4) is 0 Å². The Balaban J connectivity index is 2.39. The molecule has 0 aliphatic rings. The summed E-state index contributed by atoms with van der Waals surface area (Å²) in [4.78, 5) is 20.1. The van der Waals surface area contributed by atoms with Crippen LogP contribution in [0.2, 0.25) is 0 Å². The number of aromatic nitrogens is 2. The first-order chi connectivity index (χ1) is 9.15. The largest absolute Gasteiger partial charge is 0.383 e. The molecule has 0 aliphatic carbocycles. The van der Waals surface area contributed by atoms with Gasteiger partial charge in [-0.25, -0.2) is 4.98 Å². The monoisotopic (exact) mass is 275 g/mol. The van der Waals surface area contributed by atoms with Crippen molar-refractivity contribution in [2.24, 2.45) is 0 Å². The normalized spacial score (nSPS) is 10.6. The molecule has 5 heteroatoms. The van der Waals surface area contributed by atoms with Gasteiger partial charge in [-0.3, -0.25) is 4.79 Å². The summed E-state index contributed by atoms with van der Waals surface area (Å²) in [6, 6.07) is 7.93. The van der Waals surface area contributed by atoms with Crippen molar-refractivity contribution in [3.8, 4) is 11.4 Å². The Labute approximate surface area is 116 Å². The van der Waals surface area contributed by atoms with Crippen LogP contribution >= 0.6 is 11.8 Å². The topological polar surface area (TPSA) is 71.8 Å². The van der Waals surface area contributed by atoms with Crippen molar-refractivity contribution in [2.75, 3.05) is 11.5 Å². The molecule has 4 nitrogen and oxygen atoms in total. The summed E-state index contributed by atoms with van der Waals surface area (Å²) in [5.74, 6) is 1.87. The van der Waals surface area contributed by atoms with Crippen molar-refractivity contribution in [1.82, 2.24) is 9.97 Å². The van der Waals surface area contributed by atoms with E-state index in [2.05, 4.69) is 16.9 Å². The van der Waals surface area contributed by atoms with Gasteiger partial charge in [-0.1, -0.05) is 26.0 Å². The first-order valence-electron chi connectivity index (χ1n) is 6.27. The fraction of sp³-hybridized carbons (Fsp3) is 0.286. The summed E-state index contributed by atoms with van der Waals surface area (Å²) in [6.07, 6.45) is 0.584. The molecule has 0 atom stereocenters. The molecule has 1 aromatic carbocycles. The predicted molar refractivity (Wildman–Crippen MR) is 80.5 cm³/mol. The number of anilines is 1. The SMILES string of the molecule is CCSc1ccc(-c2nc(N)c(CC)c(=O)[nH]2)cc1. The first kappa shape index (κ1) is 13.7. The van der Waals surface area contributed by atoms with Crippen molar-refractivity contribution in [1.29, 1.82) is 0 Å². The van der Waals surface area contributed by atoms with E-state index in [1.54, 1.807) is 11.8 Å². The molecule has 2 rings (SSSR count). The molecule has 0 aliphatic heterocycles. The predicted octanol–water partition coefficient (Wildman–Crippen LogP) is 2.69. The molecule has 2 aromatic rings. The summed E-state index contributed by atoms with van der Waals surface area (Å²) in [6.45, 7) is 4.00. The number of H-pyrrole nitrogens is 1. The van der Waals surface area contributed by atoms with E-state index >= 15 is 0 Å². The smallest absolute Gasteiger partial charge is 0.256 e. The number of aromatic amines is 1. The van der Waals surface area contributed by atoms with E-state index in [0.717, 1.165) is 11.3 Å². The molecule has 0 saturated carbocycles. The third kappa shape index (κ3) is 2.98. The molecular formula is C14H17N3OS. The van der Waals surface area contributed by atoms with E-state index in [4.69, 9.17) is 5.73 Å². The maximum absolute atomic E-state index is 11.9. The number of hydrogen-bond donors (Lipinski definition) is 2. The number of nitrogens with zero attached hydrogens (tertiary/aromatic N) is 1. The lowest BCUT2D eigenvalue weighted by molar-refractivity contribution is 1.02. The van der Waals surface area contributed by atoms with Crippen LogP contribution in [0.5, 0.6) is 0 Å². The van der Waals surface area contributed by atoms with Gasteiger partial charge in [-0.15, -0.1) is 11.8 Å². The van der Waals surface area contributed by atoms with E-state index in [-0.39, 0.29) is 5.56 Å². The quantitative estimate of drug-likeness (QED) is 0.842. The van der Waals surface area contributed by atoms with Crippen molar-refractivity contribution >= 4 is 17.6 Å². The lowest BCUT2D eigenvalue weighted by Gasteiger charge is -2.06. The molecule has 3 N–H and O–H groups in total. The third-order valence-corrected chi connectivity index (χ3v) is 3.73. The summed E-state index contributed by atoms with van der Waals surface area (Å²) < 4.78 is 0. The summed E-state index contributed by atoms with van der Waals surface area (Å²) in [5, 5.41) is 0. The maximum atomic E-state index is 11.9. The zero-order valence-corrected chi connectivity index (χ0v) is 11.9. The van der Waals surface area contributed by atoms with Crippen molar-refractivity contribution in [3.05, 3.63) is 40.2 Å². The lowest BCUT2D eigenvalue weighted by atomic mass is 10.2. The average molecular weight is 275 g/mol. The second-order valence-corrected chi connectivity index (χ2v) is 5.43. The van der Waals surface area contributed by atoms with E-state index in [9.17, 15) is 4.79 Å². The fourth-order valence-electron chi connectivity index (χ4n) is 1.87. The van der Waals surface area contributed by atoms with Gasteiger partial charge in [0, 0.05) is 10.5 Å². The molecule has 0 saturated heterocycles. The van der Waals surface area contributed by atoms with Gasteiger partial charge >= 0.3 is 0 Å². The number of nitrogens with one attached hydrogen (secondary N) is 1. The van der Waals surface area contributed by atoms with Gasteiger partial charge < -0.3 is 10.7 Å². The number of nitrogens with two attached hydrogens (primary N) is 1. The third-order valence-electron chi connectivity index (χ3n) is 2.84. The zero-order chi connectivity index (χ0) is 13.8. The van der Waals surface area contributed by atoms with Crippen LogP contribution in [0.1, 0.15) is 19.4 Å². The highest BCUT2D eigenvalue weighted by molar-refractivity contribution is 7.99. The van der Waals surface area contributed by atoms with Crippen LogP contribution in [0.4, 0.5) is 5.82 Å². The van der Waals surface area contributed by atoms with Crippen LogP contribution in [0.25, 0.3) is 11.4 Å². The number of thioether (sulfide) groups is 1. The maximum Gasteiger partial charge on any atom is 0.256 e. The molecule has 0 fully saturated rings. The number of nitrogen functional groups attached to an aromatic ring is 1. The van der Waals surface area contributed by atoms with E-state index in [1.165, 1.54) is 4.90 Å². The highest BCUT2D eigenvalue weighted by Gasteiger charge is 2.08. The summed E-state index contributed by atoms with van der Waals surface area (Å²) >= 11 is 1.77. The van der Waals surface area contributed by atoms with Crippen molar-refractivity contribution in [2.45, 2.75) is 25.2 Å². The van der Waals surface area contributed by atoms with Gasteiger partial charge in [0.15, 0.2) is 0 Å². The average Bonchev–Trinajstić information content (AvgIpc) is 2.39. The lowest BCUT2D eigenvalue weighted by Crippen LogP contribution is -2.17. The molecule has 0 spiro atoms. The van der Waals surface area contributed by atoms with Crippen LogP contribution in [-0.2, 0) is 6.42 Å². The zero-order valence-electron chi connectivity index (χ0n) is 11.1. The van der Waals surface area contributed by atoms with E-state index in [1.807, 2.05) is 31.2 Å². The van der Waals surface area contributed by atoms with Crippen molar-refractivity contribution in [3.63, 3.8) is 0 Å². The number of benzene rings is 1. The Bertz CT molecular complexity index is 620. The summed E-state index contributed by atoms with van der Waals surface area (Å²) in [5.41, 5.74) is 7.07. The van der Waals surface area contributed by atoms with Gasteiger partial charge in [-0.2, -0.15) is 0 Å². The molecule has 19 heavy (non-hydrogen) atoms. The summed E-state index contributed by atoms with van der Waals surface area (Å²) in [7, 11) is 0. The Hall–Kier alpha value is -1.75. The van der Waals surface area contributed by atoms with E-state index in [0.29, 0.717) is 23.6 Å². The first-order valence-corrected chi connectivity index (χ1v) is 7.26. The number of rotatable bonds is 4. The Morgan fingerprint density at radius 2 is 1.95 bits per heavy atom. The highest BCUT2D eigenvalue weighted by Crippen LogP contribution is 2.22. The van der Waals surface area contributed by atoms with E-state index < -0.39 is 0 Å². The minimum Gasteiger partial charge on any atom is -0.383 e. The van der Waals surface area contributed by atoms with Gasteiger partial charge in [0.2, 0.25) is 0 Å². The van der Waals surface area contributed by atoms with Gasteiger partial charge in [0.25, 0.3) is 5.56 Å². The second-order valence-electron chi connectivity index (χ2n) is 4.09. The Morgan fingerprint density at radius 1 is 1.26 bits per heavy atom. The fourth-order valence-corrected chi connectivity index (χ4v) is 2.53. The van der Waals surface area contributed by atoms with Gasteiger partial charge in [0.05, 0.1) is 5.56 Å². The molecule has 100 valence electrons. The molecule has 0 bridgehead atoms. The molecule has 1 heterocycles. The minimum absolute atomic E-state index is 0.156. The van der Waals surface area contributed by atoms with Crippen LogP contribution < -0.4 is 11.3 Å². The molecule has 0 radical (unpaired) electrons. The molecule has 1 aromatic heterocycles. The highest BCUT2D eigenvalue weighted by atomic mass is 32.2. The second kappa shape index (κ2) is 5.93. The standard InChI is InChI=1S/C14H17N3OS/c1-3-11-12(15)16-13(17-14(11)18)9-5-7-10(8-6-9)19-4-2/h5-8H,3-4H2,1-2H3,(H3,15,16,17,18). The van der Waals surface area contributed by atoms with Crippen LogP contribution in [0, 0.1) is 0 Å². The van der Waals surface area contributed by atoms with Gasteiger partial charge in [-0.05, 0) is 24.3 Å². The molecule has 0 amide bonds. The Morgan fingerprint density at radius 3 is 2.47 bits per heavy atom. The molecule has 0 unspecified atom stereocenters. The Kier molecular flexibility index (Phi) is 4.27. The van der Waals surface area contributed by atoms with Crippen LogP contribution in [0.15, 0.2) is 34.0 Å². The minimum atomic E-state index is -0.156. The van der Waals surface area contributed by atoms with Crippen LogP contribution in [-0.4, -0.2) is 15.7 Å². The van der Waals surface area contributed by atoms with Gasteiger partial charge in [0.1, 0.15) is 11.6 Å². The van der Waals surface area contributed by atoms with Crippen molar-refractivity contribution < 1.29 is 0 Å². The molecular weight excluding hydrogens is 258 g/mol.